The Kier molecular flexibility index (Phi) is 7.87. The van der Waals surface area contributed by atoms with Crippen molar-refractivity contribution in [2.45, 2.75) is 51.7 Å². The van der Waals surface area contributed by atoms with E-state index in [0.717, 1.165) is 43.5 Å². The summed E-state index contributed by atoms with van der Waals surface area (Å²) in [5.41, 5.74) is 2.83. The summed E-state index contributed by atoms with van der Waals surface area (Å²) in [4.78, 5) is 16.3. The van der Waals surface area contributed by atoms with Gasteiger partial charge in [-0.25, -0.2) is 0 Å². The smallest absolute Gasteiger partial charge is 0.150 e. The lowest BCUT2D eigenvalue weighted by atomic mass is 9.98. The van der Waals surface area contributed by atoms with Crippen molar-refractivity contribution in [1.82, 2.24) is 15.1 Å². The van der Waals surface area contributed by atoms with E-state index >= 15 is 0 Å². The highest BCUT2D eigenvalue weighted by Gasteiger charge is 2.29. The van der Waals surface area contributed by atoms with Crippen LogP contribution in [0.3, 0.4) is 0 Å². The first-order chi connectivity index (χ1) is 12.9. The molecule has 1 aliphatic heterocycles. The van der Waals surface area contributed by atoms with Crippen LogP contribution in [0.5, 0.6) is 5.75 Å². The monoisotopic (exact) mass is 373 g/mol. The SMILES string of the molecule is CCCC(/C(=C/c1cc(OC)ccc1C=O)N(C)C)N1CC(C)NC(C)C1. The van der Waals surface area contributed by atoms with E-state index in [1.54, 1.807) is 7.11 Å². The predicted molar refractivity (Wildman–Crippen MR) is 112 cm³/mol. The van der Waals surface area contributed by atoms with Gasteiger partial charge in [0, 0.05) is 56.6 Å². The maximum absolute atomic E-state index is 11.6. The molecule has 1 heterocycles. The Morgan fingerprint density at radius 2 is 1.96 bits per heavy atom. The predicted octanol–water partition coefficient (Wildman–Crippen LogP) is 3.26. The molecule has 0 radical (unpaired) electrons. The fraction of sp³-hybridized carbons (Fsp3) is 0.591. The molecule has 1 saturated heterocycles. The summed E-state index contributed by atoms with van der Waals surface area (Å²) >= 11 is 0. The molecule has 1 aliphatic rings. The molecule has 0 amide bonds. The van der Waals surface area contributed by atoms with Crippen LogP contribution >= 0.6 is 0 Å². The van der Waals surface area contributed by atoms with E-state index in [0.29, 0.717) is 23.7 Å². The van der Waals surface area contributed by atoms with Gasteiger partial charge in [0.05, 0.1) is 7.11 Å². The van der Waals surface area contributed by atoms with Crippen LogP contribution in [0.4, 0.5) is 0 Å². The zero-order chi connectivity index (χ0) is 20.0. The van der Waals surface area contributed by atoms with Gasteiger partial charge in [0.2, 0.25) is 0 Å². The number of nitrogens with one attached hydrogen (secondary N) is 1. The van der Waals surface area contributed by atoms with E-state index in [1.807, 2.05) is 18.2 Å². The normalized spacial score (nSPS) is 22.4. The third kappa shape index (κ3) is 5.56. The summed E-state index contributed by atoms with van der Waals surface area (Å²) in [7, 11) is 5.83. The first kappa shape index (κ1) is 21.5. The van der Waals surface area contributed by atoms with Crippen molar-refractivity contribution in [2.24, 2.45) is 0 Å². The van der Waals surface area contributed by atoms with Crippen molar-refractivity contribution < 1.29 is 9.53 Å². The van der Waals surface area contributed by atoms with Gasteiger partial charge in [-0.1, -0.05) is 13.3 Å². The zero-order valence-electron chi connectivity index (χ0n) is 17.7. The maximum atomic E-state index is 11.6. The van der Waals surface area contributed by atoms with Crippen LogP contribution in [0.25, 0.3) is 6.08 Å². The molecule has 1 aromatic rings. The molecule has 0 spiro atoms. The average Bonchev–Trinajstić information content (AvgIpc) is 2.63. The highest BCUT2D eigenvalue weighted by atomic mass is 16.5. The second-order valence-electron chi connectivity index (χ2n) is 7.80. The molecule has 0 aromatic heterocycles. The fourth-order valence-corrected chi connectivity index (χ4v) is 4.01. The number of hydrogen-bond acceptors (Lipinski definition) is 5. The van der Waals surface area contributed by atoms with Gasteiger partial charge >= 0.3 is 0 Å². The zero-order valence-corrected chi connectivity index (χ0v) is 17.7. The summed E-state index contributed by atoms with van der Waals surface area (Å²) in [5.74, 6) is 0.765. The number of rotatable bonds is 8. The number of hydrogen-bond donors (Lipinski definition) is 1. The van der Waals surface area contributed by atoms with Crippen LogP contribution in [-0.4, -0.2) is 68.5 Å². The van der Waals surface area contributed by atoms with Gasteiger partial charge in [-0.3, -0.25) is 9.69 Å². The fourth-order valence-electron chi connectivity index (χ4n) is 4.01. The first-order valence-corrected chi connectivity index (χ1v) is 9.91. The molecule has 27 heavy (non-hydrogen) atoms. The number of aldehydes is 1. The van der Waals surface area contributed by atoms with Crippen LogP contribution in [0.15, 0.2) is 23.9 Å². The van der Waals surface area contributed by atoms with Crippen LogP contribution in [-0.2, 0) is 0 Å². The number of carbonyl (C=O) groups is 1. The molecule has 150 valence electrons. The lowest BCUT2D eigenvalue weighted by molar-refractivity contribution is 0.112. The van der Waals surface area contributed by atoms with Gasteiger partial charge in [0.1, 0.15) is 5.75 Å². The van der Waals surface area contributed by atoms with Crippen LogP contribution in [0.1, 0.15) is 49.5 Å². The molecule has 2 rings (SSSR count). The van der Waals surface area contributed by atoms with Gasteiger partial charge in [0.15, 0.2) is 6.29 Å². The van der Waals surface area contributed by atoms with Gasteiger partial charge in [0.25, 0.3) is 0 Å². The minimum Gasteiger partial charge on any atom is -0.497 e. The van der Waals surface area contributed by atoms with Gasteiger partial charge in [-0.05, 0) is 50.1 Å². The Morgan fingerprint density at radius 3 is 2.48 bits per heavy atom. The van der Waals surface area contributed by atoms with E-state index in [1.165, 1.54) is 5.70 Å². The van der Waals surface area contributed by atoms with Crippen molar-refractivity contribution in [2.75, 3.05) is 34.3 Å². The van der Waals surface area contributed by atoms with Crippen LogP contribution in [0.2, 0.25) is 0 Å². The van der Waals surface area contributed by atoms with E-state index < -0.39 is 0 Å². The minimum atomic E-state index is 0.322. The molecule has 1 aromatic carbocycles. The molecule has 0 saturated carbocycles. The van der Waals surface area contributed by atoms with E-state index in [-0.39, 0.29) is 0 Å². The highest BCUT2D eigenvalue weighted by Crippen LogP contribution is 2.26. The maximum Gasteiger partial charge on any atom is 0.150 e. The molecule has 5 heteroatoms. The Bertz CT molecular complexity index is 647. The molecular formula is C22H35N3O2. The highest BCUT2D eigenvalue weighted by molar-refractivity contribution is 5.82. The Morgan fingerprint density at radius 1 is 1.30 bits per heavy atom. The van der Waals surface area contributed by atoms with E-state index in [4.69, 9.17) is 4.74 Å². The summed E-state index contributed by atoms with van der Waals surface area (Å²) in [6.07, 6.45) is 5.28. The van der Waals surface area contributed by atoms with Gasteiger partial charge in [-0.15, -0.1) is 0 Å². The number of carbonyl (C=O) groups excluding carboxylic acids is 1. The average molecular weight is 374 g/mol. The molecule has 5 nitrogen and oxygen atoms in total. The molecule has 3 atom stereocenters. The van der Waals surface area contributed by atoms with Crippen LogP contribution < -0.4 is 10.1 Å². The Balaban J connectivity index is 2.46. The third-order valence-corrected chi connectivity index (χ3v) is 5.17. The standard InChI is InChI=1S/C22H35N3O2/c1-7-8-21(25-13-16(2)23-17(3)14-25)22(24(4)5)12-19-11-20(27-6)10-9-18(19)15-26/h9-12,15-17,21,23H,7-8,13-14H2,1-6H3/b22-12-. The van der Waals surface area contributed by atoms with Crippen molar-refractivity contribution in [3.63, 3.8) is 0 Å². The van der Waals surface area contributed by atoms with E-state index in [9.17, 15) is 4.79 Å². The number of benzene rings is 1. The summed E-state index contributed by atoms with van der Waals surface area (Å²) in [6, 6.07) is 6.87. The molecule has 1 N–H and O–H groups in total. The summed E-state index contributed by atoms with van der Waals surface area (Å²) < 4.78 is 5.37. The van der Waals surface area contributed by atoms with Crippen molar-refractivity contribution in [1.29, 1.82) is 0 Å². The lowest BCUT2D eigenvalue weighted by Crippen LogP contribution is -2.58. The lowest BCUT2D eigenvalue weighted by Gasteiger charge is -2.43. The number of piperazine rings is 1. The summed E-state index contributed by atoms with van der Waals surface area (Å²) in [6.45, 7) is 8.78. The number of likely N-dealkylation sites (N-methyl/N-ethyl adjacent to an activating group) is 1. The molecular weight excluding hydrogens is 338 g/mol. The van der Waals surface area contributed by atoms with Crippen molar-refractivity contribution in [3.8, 4) is 5.75 Å². The Hall–Kier alpha value is -1.85. The molecule has 3 unspecified atom stereocenters. The van der Waals surface area contributed by atoms with Crippen molar-refractivity contribution in [3.05, 3.63) is 35.0 Å². The molecule has 1 fully saturated rings. The second-order valence-corrected chi connectivity index (χ2v) is 7.80. The van der Waals surface area contributed by atoms with Crippen LogP contribution in [0, 0.1) is 0 Å². The summed E-state index contributed by atoms with van der Waals surface area (Å²) in [5, 5.41) is 3.62. The first-order valence-electron chi connectivity index (χ1n) is 9.91. The van der Waals surface area contributed by atoms with Crippen molar-refractivity contribution >= 4 is 12.4 Å². The van der Waals surface area contributed by atoms with Gasteiger partial charge in [-0.2, -0.15) is 0 Å². The number of methoxy groups -OCH3 is 1. The number of ether oxygens (including phenoxy) is 1. The largest absolute Gasteiger partial charge is 0.497 e. The molecule has 0 aliphatic carbocycles. The second kappa shape index (κ2) is 9.90. The quantitative estimate of drug-likeness (QED) is 0.709. The number of nitrogens with zero attached hydrogens (tertiary/aromatic N) is 2. The third-order valence-electron chi connectivity index (χ3n) is 5.17. The Labute approximate surface area is 164 Å². The van der Waals surface area contributed by atoms with E-state index in [2.05, 4.69) is 56.1 Å². The van der Waals surface area contributed by atoms with Gasteiger partial charge < -0.3 is 15.0 Å². The topological polar surface area (TPSA) is 44.8 Å². The minimum absolute atomic E-state index is 0.322. The molecule has 0 bridgehead atoms.